The van der Waals surface area contributed by atoms with Gasteiger partial charge in [-0.25, -0.2) is 9.34 Å². The van der Waals surface area contributed by atoms with Crippen molar-refractivity contribution in [1.82, 2.24) is 9.34 Å². The molecule has 0 aliphatic rings. The number of hydrogen-bond acceptors (Lipinski definition) is 8. The number of nitriles is 2. The third-order valence-corrected chi connectivity index (χ3v) is 8.35. The molecule has 10 heteroatoms. The van der Waals surface area contributed by atoms with Crippen molar-refractivity contribution in [3.63, 3.8) is 0 Å². The zero-order valence-corrected chi connectivity index (χ0v) is 21.6. The van der Waals surface area contributed by atoms with Crippen molar-refractivity contribution in [1.29, 1.82) is 10.5 Å². The Morgan fingerprint density at radius 1 is 0.767 bits per heavy atom. The fourth-order valence-electron chi connectivity index (χ4n) is 3.57. The van der Waals surface area contributed by atoms with Crippen molar-refractivity contribution in [3.8, 4) is 12.1 Å². The average Bonchev–Trinajstić information content (AvgIpc) is 2.61. The highest BCUT2D eigenvalue weighted by atomic mass is 31.2. The van der Waals surface area contributed by atoms with Gasteiger partial charge in [-0.3, -0.25) is 0 Å². The molecule has 0 saturated carbocycles. The molecule has 0 aromatic rings. The lowest BCUT2D eigenvalue weighted by Crippen LogP contribution is -2.45. The van der Waals surface area contributed by atoms with Gasteiger partial charge in [0.25, 0.3) is 17.1 Å². The quantitative estimate of drug-likeness (QED) is 0.257. The third-order valence-electron chi connectivity index (χ3n) is 4.78. The molecule has 30 heavy (non-hydrogen) atoms. The molecular weight excluding hydrogens is 422 g/mol. The summed E-state index contributed by atoms with van der Waals surface area (Å²) in [5.74, 6) is 0. The third kappa shape index (κ3) is 9.82. The fraction of sp³-hybridized carbons (Fsp3) is 0.900. The van der Waals surface area contributed by atoms with Crippen LogP contribution in [0.3, 0.4) is 0 Å². The minimum Gasteiger partial charge on any atom is -0.338 e. The van der Waals surface area contributed by atoms with Crippen LogP contribution in [0.4, 0.5) is 0 Å². The maximum Gasteiger partial charge on any atom is 0.256 e. The van der Waals surface area contributed by atoms with Gasteiger partial charge in [0.1, 0.15) is 0 Å². The molecule has 0 saturated heterocycles. The Hall–Kier alpha value is -0.400. The van der Waals surface area contributed by atoms with E-state index in [0.717, 1.165) is 0 Å². The van der Waals surface area contributed by atoms with Crippen LogP contribution in [0, 0.1) is 22.7 Å². The molecule has 0 aromatic carbocycles. The smallest absolute Gasteiger partial charge is 0.256 e. The van der Waals surface area contributed by atoms with Crippen LogP contribution in [0.2, 0.25) is 0 Å². The first-order chi connectivity index (χ1) is 13.8. The van der Waals surface area contributed by atoms with E-state index in [1.165, 1.54) is 0 Å². The first kappa shape index (κ1) is 29.6. The Morgan fingerprint density at radius 2 is 1.07 bits per heavy atom. The molecule has 0 radical (unpaired) electrons. The van der Waals surface area contributed by atoms with Crippen LogP contribution in [0.25, 0.3) is 0 Å². The summed E-state index contributed by atoms with van der Waals surface area (Å²) < 4.78 is 15.1. The Bertz CT molecular complexity index is 526. The predicted octanol–water partition coefficient (Wildman–Crippen LogP) is 5.04. The molecule has 0 aromatic heterocycles. The van der Waals surface area contributed by atoms with Crippen molar-refractivity contribution in [2.24, 2.45) is 0 Å². The van der Waals surface area contributed by atoms with E-state index in [0.29, 0.717) is 25.7 Å². The topological polar surface area (TPSA) is 113 Å². The van der Waals surface area contributed by atoms with E-state index < -0.39 is 17.1 Å². The van der Waals surface area contributed by atoms with Crippen LogP contribution in [0.5, 0.6) is 0 Å². The maximum absolute atomic E-state index is 10.6. The van der Waals surface area contributed by atoms with Crippen molar-refractivity contribution in [2.75, 3.05) is 13.2 Å². The van der Waals surface area contributed by atoms with Gasteiger partial charge in [-0.2, -0.15) is 10.5 Å². The molecule has 2 N–H and O–H groups in total. The number of hydrogen-bond donors (Lipinski definition) is 2. The predicted molar refractivity (Wildman–Crippen MR) is 122 cm³/mol. The van der Waals surface area contributed by atoms with Crippen LogP contribution in [0.15, 0.2) is 0 Å². The summed E-state index contributed by atoms with van der Waals surface area (Å²) in [6.07, 6.45) is 2.07. The van der Waals surface area contributed by atoms with E-state index in [-0.39, 0.29) is 36.4 Å². The van der Waals surface area contributed by atoms with Gasteiger partial charge < -0.3 is 18.8 Å². The van der Waals surface area contributed by atoms with Gasteiger partial charge in [0, 0.05) is 36.0 Å². The molecule has 2 unspecified atom stereocenters. The lowest BCUT2D eigenvalue weighted by Gasteiger charge is -2.43. The van der Waals surface area contributed by atoms with E-state index in [9.17, 15) is 9.79 Å². The van der Waals surface area contributed by atoms with Crippen LogP contribution >= 0.6 is 17.1 Å². The molecule has 0 spiro atoms. The van der Waals surface area contributed by atoms with Crippen molar-refractivity contribution < 1.29 is 18.8 Å². The molecule has 0 amide bonds. The van der Waals surface area contributed by atoms with Crippen LogP contribution in [0.1, 0.15) is 81.1 Å². The Kier molecular flexibility index (Phi) is 13.7. The van der Waals surface area contributed by atoms with Crippen LogP contribution in [-0.2, 0) is 9.05 Å². The molecule has 0 fully saturated rings. The Balaban J connectivity index is 4.82. The molecule has 0 rings (SSSR count). The highest BCUT2D eigenvalue weighted by Gasteiger charge is 2.37. The highest BCUT2D eigenvalue weighted by molar-refractivity contribution is 7.43. The lowest BCUT2D eigenvalue weighted by molar-refractivity contribution is 0.112. The van der Waals surface area contributed by atoms with Gasteiger partial charge in [-0.1, -0.05) is 0 Å². The van der Waals surface area contributed by atoms with E-state index in [4.69, 9.17) is 19.6 Å². The molecule has 0 aliphatic heterocycles. The van der Waals surface area contributed by atoms with Gasteiger partial charge >= 0.3 is 0 Å². The highest BCUT2D eigenvalue weighted by Crippen LogP contribution is 2.47. The van der Waals surface area contributed by atoms with Gasteiger partial charge in [-0.15, -0.1) is 0 Å². The zero-order valence-electron chi connectivity index (χ0n) is 19.8. The second-order valence-corrected chi connectivity index (χ2v) is 11.4. The van der Waals surface area contributed by atoms with Gasteiger partial charge in [-0.05, 0) is 68.2 Å². The van der Waals surface area contributed by atoms with Gasteiger partial charge in [0.2, 0.25) is 0 Å². The first-order valence-corrected chi connectivity index (χ1v) is 12.7. The van der Waals surface area contributed by atoms with E-state index in [2.05, 4.69) is 12.1 Å². The van der Waals surface area contributed by atoms with Crippen molar-refractivity contribution in [2.45, 2.75) is 104 Å². The normalized spacial score (nSPS) is 14.9. The molecule has 0 heterocycles. The SMILES string of the molecule is CC(C)N(P(O)OCCOP(O)N(C(C)C)C(C)(C)CCC#N)C(C)(C)CCC#N. The molecule has 174 valence electrons. The monoisotopic (exact) mass is 462 g/mol. The summed E-state index contributed by atoms with van der Waals surface area (Å²) in [6, 6.07) is 4.40. The van der Waals surface area contributed by atoms with Crippen molar-refractivity contribution >= 4 is 17.1 Å². The van der Waals surface area contributed by atoms with Crippen molar-refractivity contribution in [3.05, 3.63) is 0 Å². The number of rotatable bonds is 15. The summed E-state index contributed by atoms with van der Waals surface area (Å²) in [5.41, 5.74) is -0.762. The Morgan fingerprint density at radius 3 is 1.30 bits per heavy atom. The minimum atomic E-state index is -1.86. The molecule has 8 nitrogen and oxygen atoms in total. The largest absolute Gasteiger partial charge is 0.338 e. The minimum absolute atomic E-state index is 0.0445. The summed E-state index contributed by atoms with van der Waals surface area (Å²) in [4.78, 5) is 21.3. The second-order valence-electron chi connectivity index (χ2n) is 8.99. The Labute approximate surface area is 185 Å². The molecular formula is C20H40N4O4P2. The fourth-order valence-corrected chi connectivity index (χ4v) is 6.21. The maximum atomic E-state index is 10.6. The number of nitrogens with zero attached hydrogens (tertiary/aromatic N) is 4. The average molecular weight is 463 g/mol. The molecule has 2 atom stereocenters. The standard InChI is InChI=1S/C20H40N4O4P2/c1-17(2)23(19(5,6)11-9-13-21)29(25)27-15-16-28-30(26)24(18(3)4)20(7,8)12-10-14-22/h17-18,25-26H,9-12,15-16H2,1-8H3. The summed E-state index contributed by atoms with van der Waals surface area (Å²) in [7, 11) is -3.71. The van der Waals surface area contributed by atoms with E-state index >= 15 is 0 Å². The second kappa shape index (κ2) is 13.9. The zero-order chi connectivity index (χ0) is 23.5. The van der Waals surface area contributed by atoms with Crippen LogP contribution in [-0.4, -0.2) is 55.5 Å². The molecule has 0 aliphatic carbocycles. The van der Waals surface area contributed by atoms with Crippen LogP contribution < -0.4 is 0 Å². The van der Waals surface area contributed by atoms with E-state index in [1.807, 2.05) is 64.7 Å². The lowest BCUT2D eigenvalue weighted by atomic mass is 9.98. The first-order valence-electron chi connectivity index (χ1n) is 10.4. The summed E-state index contributed by atoms with van der Waals surface area (Å²) in [5, 5.41) is 17.8. The van der Waals surface area contributed by atoms with Gasteiger partial charge in [0.05, 0.1) is 25.4 Å². The van der Waals surface area contributed by atoms with Gasteiger partial charge in [0.15, 0.2) is 0 Å². The van der Waals surface area contributed by atoms with E-state index in [1.54, 1.807) is 0 Å². The molecule has 0 bridgehead atoms. The summed E-state index contributed by atoms with van der Waals surface area (Å²) >= 11 is 0. The summed E-state index contributed by atoms with van der Waals surface area (Å²) in [6.45, 7) is 16.2.